The van der Waals surface area contributed by atoms with Gasteiger partial charge in [-0.3, -0.25) is 4.79 Å². The number of ether oxygens (including phenoxy) is 1. The Kier molecular flexibility index (Phi) is 8.07. The Morgan fingerprint density at radius 2 is 2.00 bits per heavy atom. The Morgan fingerprint density at radius 3 is 2.60 bits per heavy atom. The van der Waals surface area contributed by atoms with Crippen molar-refractivity contribution in [3.05, 3.63) is 29.8 Å². The first-order valence-corrected chi connectivity index (χ1v) is 9.97. The van der Waals surface area contributed by atoms with Crippen LogP contribution in [0.25, 0.3) is 0 Å². The molecule has 1 aliphatic rings. The smallest absolute Gasteiger partial charge is 0.428 e. The molecule has 1 saturated heterocycles. The molecule has 4 nitrogen and oxygen atoms in total. The second-order valence-electron chi connectivity index (χ2n) is 8.88. The third kappa shape index (κ3) is 7.41. The molecule has 0 aliphatic carbocycles. The minimum atomic E-state index is -4.66. The molecule has 0 radical (unpaired) electrons. The van der Waals surface area contributed by atoms with Crippen LogP contribution < -0.4 is 10.1 Å². The Morgan fingerprint density at radius 1 is 1.30 bits per heavy atom. The lowest BCUT2D eigenvalue weighted by atomic mass is 9.90. The van der Waals surface area contributed by atoms with Gasteiger partial charge in [0.2, 0.25) is 0 Å². The van der Waals surface area contributed by atoms with Crippen molar-refractivity contribution in [3.63, 3.8) is 0 Å². The van der Waals surface area contributed by atoms with Gasteiger partial charge in [-0.2, -0.15) is 17.6 Å². The van der Waals surface area contributed by atoms with E-state index in [9.17, 15) is 26.7 Å². The SMILES string of the molecule is CC(C)(C)CCN1CC[C@@H](CNC(=O)c2cccc(OC(F)(F)C(F)F)c2)[C@@H](F)C1. The predicted octanol–water partition coefficient (Wildman–Crippen LogP) is 4.75. The van der Waals surface area contributed by atoms with E-state index in [2.05, 4.69) is 35.7 Å². The van der Waals surface area contributed by atoms with E-state index in [4.69, 9.17) is 0 Å². The van der Waals surface area contributed by atoms with Crippen molar-refractivity contribution in [2.24, 2.45) is 11.3 Å². The molecule has 1 N–H and O–H groups in total. The first-order valence-electron chi connectivity index (χ1n) is 9.97. The van der Waals surface area contributed by atoms with E-state index in [0.29, 0.717) is 13.0 Å². The molecule has 1 heterocycles. The molecule has 1 aromatic carbocycles. The maximum absolute atomic E-state index is 14.5. The first-order chi connectivity index (χ1) is 13.9. The van der Waals surface area contributed by atoms with Crippen molar-refractivity contribution in [2.75, 3.05) is 26.2 Å². The molecular formula is C21H29F5N2O2. The van der Waals surface area contributed by atoms with Crippen molar-refractivity contribution in [1.82, 2.24) is 10.2 Å². The molecule has 0 saturated carbocycles. The van der Waals surface area contributed by atoms with Gasteiger partial charge in [-0.25, -0.2) is 4.39 Å². The summed E-state index contributed by atoms with van der Waals surface area (Å²) in [6.45, 7) is 8.38. The van der Waals surface area contributed by atoms with Crippen LogP contribution in [0.15, 0.2) is 24.3 Å². The fourth-order valence-corrected chi connectivity index (χ4v) is 3.17. The first kappa shape index (κ1) is 24.4. The van der Waals surface area contributed by atoms with Crippen LogP contribution in [0, 0.1) is 11.3 Å². The van der Waals surface area contributed by atoms with Gasteiger partial charge >= 0.3 is 12.5 Å². The largest absolute Gasteiger partial charge is 0.461 e. The predicted molar refractivity (Wildman–Crippen MR) is 104 cm³/mol. The highest BCUT2D eigenvalue weighted by Gasteiger charge is 2.44. The fourth-order valence-electron chi connectivity index (χ4n) is 3.17. The zero-order valence-electron chi connectivity index (χ0n) is 17.4. The molecule has 1 aliphatic heterocycles. The number of alkyl halides is 5. The zero-order chi connectivity index (χ0) is 22.5. The highest BCUT2D eigenvalue weighted by Crippen LogP contribution is 2.28. The van der Waals surface area contributed by atoms with Crippen LogP contribution in [-0.4, -0.2) is 55.7 Å². The summed E-state index contributed by atoms with van der Waals surface area (Å²) in [5.41, 5.74) is 0.143. The number of halogens is 5. The summed E-state index contributed by atoms with van der Waals surface area (Å²) in [7, 11) is 0. The number of piperidine rings is 1. The van der Waals surface area contributed by atoms with Crippen LogP contribution in [0.2, 0.25) is 0 Å². The molecule has 1 fully saturated rings. The van der Waals surface area contributed by atoms with Gasteiger partial charge < -0.3 is 15.0 Å². The Bertz CT molecular complexity index is 709. The topological polar surface area (TPSA) is 41.6 Å². The van der Waals surface area contributed by atoms with E-state index in [-0.39, 0.29) is 23.4 Å². The van der Waals surface area contributed by atoms with E-state index in [0.717, 1.165) is 31.6 Å². The van der Waals surface area contributed by atoms with Crippen molar-refractivity contribution < 1.29 is 31.5 Å². The minimum absolute atomic E-state index is 0.0319. The summed E-state index contributed by atoms with van der Waals surface area (Å²) in [6, 6.07) is 4.59. The second kappa shape index (κ2) is 9.94. The van der Waals surface area contributed by atoms with Crippen LogP contribution in [0.5, 0.6) is 5.75 Å². The van der Waals surface area contributed by atoms with Gasteiger partial charge in [0.05, 0.1) is 0 Å². The normalized spacial score (nSPS) is 21.0. The van der Waals surface area contributed by atoms with Crippen LogP contribution in [0.4, 0.5) is 22.0 Å². The van der Waals surface area contributed by atoms with Gasteiger partial charge in [-0.1, -0.05) is 26.8 Å². The number of carbonyl (C=O) groups is 1. The molecule has 1 aromatic rings. The number of rotatable bonds is 8. The number of likely N-dealkylation sites (tertiary alicyclic amines) is 1. The number of carbonyl (C=O) groups excluding carboxylic acids is 1. The molecule has 0 spiro atoms. The number of amides is 1. The number of hydrogen-bond donors (Lipinski definition) is 1. The molecule has 170 valence electrons. The summed E-state index contributed by atoms with van der Waals surface area (Å²) in [6.07, 6.45) is -8.18. The monoisotopic (exact) mass is 436 g/mol. The summed E-state index contributed by atoms with van der Waals surface area (Å²) < 4.78 is 69.1. The van der Waals surface area contributed by atoms with Crippen LogP contribution in [0.3, 0.4) is 0 Å². The maximum Gasteiger partial charge on any atom is 0.461 e. The van der Waals surface area contributed by atoms with Gasteiger partial charge in [-0.15, -0.1) is 0 Å². The molecule has 0 unspecified atom stereocenters. The average Bonchev–Trinajstić information content (AvgIpc) is 2.64. The lowest BCUT2D eigenvalue weighted by Crippen LogP contribution is -2.46. The molecule has 2 rings (SSSR count). The van der Waals surface area contributed by atoms with Gasteiger partial charge in [-0.05, 0) is 49.5 Å². The fraction of sp³-hybridized carbons (Fsp3) is 0.667. The van der Waals surface area contributed by atoms with Gasteiger partial charge in [0.25, 0.3) is 5.91 Å². The van der Waals surface area contributed by atoms with Crippen LogP contribution in [-0.2, 0) is 0 Å². The van der Waals surface area contributed by atoms with Crippen molar-refractivity contribution in [3.8, 4) is 5.75 Å². The minimum Gasteiger partial charge on any atom is -0.428 e. The number of benzene rings is 1. The summed E-state index contributed by atoms with van der Waals surface area (Å²) in [4.78, 5) is 14.4. The second-order valence-corrected chi connectivity index (χ2v) is 8.88. The highest BCUT2D eigenvalue weighted by atomic mass is 19.3. The van der Waals surface area contributed by atoms with E-state index in [1.807, 2.05) is 0 Å². The third-order valence-corrected chi connectivity index (χ3v) is 5.07. The Labute approximate surface area is 173 Å². The summed E-state index contributed by atoms with van der Waals surface area (Å²) in [5.74, 6) is -1.51. The van der Waals surface area contributed by atoms with E-state index in [1.54, 1.807) is 0 Å². The lowest BCUT2D eigenvalue weighted by Gasteiger charge is -2.36. The standard InChI is InChI=1S/C21H29F5N2O2/c1-20(2,3)8-10-28-9-7-15(17(22)13-28)12-27-18(29)14-5-4-6-16(11-14)30-21(25,26)19(23)24/h4-6,11,15,17,19H,7-10,12-13H2,1-3H3,(H,27,29)/t15-,17-/m0/s1. The number of nitrogens with one attached hydrogen (secondary N) is 1. The quantitative estimate of drug-likeness (QED) is 0.598. The Hall–Kier alpha value is -1.90. The van der Waals surface area contributed by atoms with Crippen LogP contribution >= 0.6 is 0 Å². The van der Waals surface area contributed by atoms with Crippen molar-refractivity contribution >= 4 is 5.91 Å². The molecule has 0 bridgehead atoms. The van der Waals surface area contributed by atoms with Gasteiger partial charge in [0, 0.05) is 24.6 Å². The molecule has 30 heavy (non-hydrogen) atoms. The van der Waals surface area contributed by atoms with Gasteiger partial charge in [0.15, 0.2) is 0 Å². The van der Waals surface area contributed by atoms with Crippen molar-refractivity contribution in [1.29, 1.82) is 0 Å². The van der Waals surface area contributed by atoms with Crippen LogP contribution in [0.1, 0.15) is 44.0 Å². The van der Waals surface area contributed by atoms with Crippen molar-refractivity contribution in [2.45, 2.75) is 52.3 Å². The molecule has 0 aromatic heterocycles. The lowest BCUT2D eigenvalue weighted by molar-refractivity contribution is -0.253. The third-order valence-electron chi connectivity index (χ3n) is 5.07. The van der Waals surface area contributed by atoms with E-state index in [1.165, 1.54) is 12.1 Å². The summed E-state index contributed by atoms with van der Waals surface area (Å²) >= 11 is 0. The molecule has 9 heteroatoms. The number of nitrogens with zero attached hydrogens (tertiary/aromatic N) is 1. The molecular weight excluding hydrogens is 407 g/mol. The highest BCUT2D eigenvalue weighted by molar-refractivity contribution is 5.94. The molecule has 1 amide bonds. The number of hydrogen-bond acceptors (Lipinski definition) is 3. The van der Waals surface area contributed by atoms with Gasteiger partial charge in [0.1, 0.15) is 11.9 Å². The Balaban J connectivity index is 1.85. The zero-order valence-corrected chi connectivity index (χ0v) is 17.4. The van der Waals surface area contributed by atoms with E-state index < -0.39 is 30.4 Å². The average molecular weight is 436 g/mol. The molecule has 2 atom stereocenters. The summed E-state index contributed by atoms with van der Waals surface area (Å²) in [5, 5.41) is 2.59. The maximum atomic E-state index is 14.5. The van der Waals surface area contributed by atoms with E-state index >= 15 is 0 Å².